The first-order valence-electron chi connectivity index (χ1n) is 8.32. The van der Waals surface area contributed by atoms with Gasteiger partial charge in [-0.3, -0.25) is 0 Å². The quantitative estimate of drug-likeness (QED) is 0.867. The fourth-order valence-corrected chi connectivity index (χ4v) is 4.17. The van der Waals surface area contributed by atoms with E-state index in [1.807, 2.05) is 30.3 Å². The fraction of sp³-hybridized carbons (Fsp3) is 0.471. The van der Waals surface area contributed by atoms with Gasteiger partial charge < -0.3 is 11.1 Å². The molecule has 2 aromatic rings. The topological polar surface area (TPSA) is 90.0 Å². The average Bonchev–Trinajstić information content (AvgIpc) is 2.85. The molecule has 1 fully saturated rings. The van der Waals surface area contributed by atoms with E-state index in [1.54, 1.807) is 4.68 Å². The molecular weight excluding hydrogens is 324 g/mol. The molecule has 1 aromatic heterocycles. The van der Waals surface area contributed by atoms with Crippen molar-refractivity contribution in [1.29, 1.82) is 0 Å². The number of nitrogens with one attached hydrogen (secondary N) is 1. The molecule has 7 heteroatoms. The Morgan fingerprint density at radius 2 is 1.88 bits per heavy atom. The number of hydrogen-bond donors (Lipinski definition) is 2. The lowest BCUT2D eigenvalue weighted by molar-refractivity contribution is 0.460. The van der Waals surface area contributed by atoms with E-state index >= 15 is 0 Å². The minimum absolute atomic E-state index is 0.115. The summed E-state index contributed by atoms with van der Waals surface area (Å²) in [6, 6.07) is 10.0. The van der Waals surface area contributed by atoms with Gasteiger partial charge in [0.2, 0.25) is 0 Å². The predicted molar refractivity (Wildman–Crippen MR) is 95.8 cm³/mol. The van der Waals surface area contributed by atoms with Gasteiger partial charge in [-0.15, -0.1) is 0 Å². The summed E-state index contributed by atoms with van der Waals surface area (Å²) < 4.78 is 26.0. The number of nitrogens with zero attached hydrogens (tertiary/aromatic N) is 2. The molecule has 0 atom stereocenters. The standard InChI is InChI=1S/C17H24N4O2S/c1-24(22,23)15-16(18)21(12-13-8-4-2-5-9-13)20-17(15)19-14-10-6-3-7-11-14/h2,4-5,8-9,14H,3,6-7,10-12,18H2,1H3,(H,19,20). The number of nitrogen functional groups attached to an aromatic ring is 1. The van der Waals surface area contributed by atoms with Crippen molar-refractivity contribution >= 4 is 21.5 Å². The minimum atomic E-state index is -3.46. The third-order valence-corrected chi connectivity index (χ3v) is 5.58. The van der Waals surface area contributed by atoms with Crippen molar-refractivity contribution in [2.75, 3.05) is 17.3 Å². The molecule has 3 N–H and O–H groups in total. The molecule has 24 heavy (non-hydrogen) atoms. The van der Waals surface area contributed by atoms with Crippen molar-refractivity contribution in [3.8, 4) is 0 Å². The highest BCUT2D eigenvalue weighted by Gasteiger charge is 2.26. The van der Waals surface area contributed by atoms with E-state index in [9.17, 15) is 8.42 Å². The first kappa shape index (κ1) is 16.8. The molecular formula is C17H24N4O2S. The van der Waals surface area contributed by atoms with Crippen LogP contribution in [-0.4, -0.2) is 30.5 Å². The van der Waals surface area contributed by atoms with Gasteiger partial charge in [0.15, 0.2) is 20.6 Å². The van der Waals surface area contributed by atoms with Crippen LogP contribution >= 0.6 is 0 Å². The van der Waals surface area contributed by atoms with Gasteiger partial charge in [0.1, 0.15) is 5.82 Å². The van der Waals surface area contributed by atoms with Gasteiger partial charge in [0.25, 0.3) is 0 Å². The second kappa shape index (κ2) is 6.84. The van der Waals surface area contributed by atoms with Crippen molar-refractivity contribution in [2.45, 2.75) is 49.6 Å². The number of sulfone groups is 1. The molecule has 0 spiro atoms. The van der Waals surface area contributed by atoms with E-state index < -0.39 is 9.84 Å². The average molecular weight is 348 g/mol. The SMILES string of the molecule is CS(=O)(=O)c1c(NC2CCCCC2)nn(Cc2ccccc2)c1N. The Balaban J connectivity index is 1.93. The highest BCUT2D eigenvalue weighted by atomic mass is 32.2. The van der Waals surface area contributed by atoms with Gasteiger partial charge in [-0.05, 0) is 18.4 Å². The first-order valence-corrected chi connectivity index (χ1v) is 10.2. The summed E-state index contributed by atoms with van der Waals surface area (Å²) in [5.41, 5.74) is 7.15. The van der Waals surface area contributed by atoms with Crippen molar-refractivity contribution in [2.24, 2.45) is 0 Å². The van der Waals surface area contributed by atoms with E-state index in [2.05, 4.69) is 10.4 Å². The maximum atomic E-state index is 12.2. The van der Waals surface area contributed by atoms with Crippen LogP contribution in [0.15, 0.2) is 35.2 Å². The molecule has 3 rings (SSSR count). The predicted octanol–water partition coefficient (Wildman–Crippen LogP) is 2.66. The zero-order valence-electron chi connectivity index (χ0n) is 13.9. The Morgan fingerprint density at radius 3 is 2.50 bits per heavy atom. The summed E-state index contributed by atoms with van der Waals surface area (Å²) in [4.78, 5) is 0.115. The molecule has 6 nitrogen and oxygen atoms in total. The zero-order chi connectivity index (χ0) is 17.2. The summed E-state index contributed by atoms with van der Waals surface area (Å²) in [7, 11) is -3.46. The Kier molecular flexibility index (Phi) is 4.80. The van der Waals surface area contributed by atoms with Crippen molar-refractivity contribution in [1.82, 2.24) is 9.78 Å². The van der Waals surface area contributed by atoms with Gasteiger partial charge in [-0.25, -0.2) is 13.1 Å². The summed E-state index contributed by atoms with van der Waals surface area (Å²) in [5, 5.41) is 7.78. The van der Waals surface area contributed by atoms with Crippen LogP contribution in [0.1, 0.15) is 37.7 Å². The van der Waals surface area contributed by atoms with Gasteiger partial charge in [-0.1, -0.05) is 49.6 Å². The van der Waals surface area contributed by atoms with Crippen LogP contribution in [-0.2, 0) is 16.4 Å². The van der Waals surface area contributed by atoms with Crippen LogP contribution in [0.5, 0.6) is 0 Å². The van der Waals surface area contributed by atoms with Crippen LogP contribution in [0.25, 0.3) is 0 Å². The van der Waals surface area contributed by atoms with Gasteiger partial charge in [-0.2, -0.15) is 5.10 Å². The van der Waals surface area contributed by atoms with Crippen LogP contribution in [0.3, 0.4) is 0 Å². The third kappa shape index (κ3) is 3.72. The lowest BCUT2D eigenvalue weighted by Crippen LogP contribution is -2.23. The van der Waals surface area contributed by atoms with Gasteiger partial charge >= 0.3 is 0 Å². The van der Waals surface area contributed by atoms with E-state index in [0.29, 0.717) is 12.4 Å². The van der Waals surface area contributed by atoms with Gasteiger partial charge in [0.05, 0.1) is 6.54 Å². The third-order valence-electron chi connectivity index (χ3n) is 4.44. The molecule has 0 unspecified atom stereocenters. The second-order valence-corrected chi connectivity index (χ2v) is 8.41. The Morgan fingerprint density at radius 1 is 1.21 bits per heavy atom. The van der Waals surface area contributed by atoms with Crippen LogP contribution in [0.2, 0.25) is 0 Å². The van der Waals surface area contributed by atoms with Crippen molar-refractivity contribution < 1.29 is 8.42 Å². The molecule has 1 heterocycles. The molecule has 0 bridgehead atoms. The number of anilines is 2. The maximum Gasteiger partial charge on any atom is 0.182 e. The lowest BCUT2D eigenvalue weighted by Gasteiger charge is -2.22. The molecule has 0 aliphatic heterocycles. The molecule has 0 saturated heterocycles. The molecule has 1 aliphatic carbocycles. The number of hydrogen-bond acceptors (Lipinski definition) is 5. The Labute approximate surface area is 143 Å². The number of rotatable bonds is 5. The molecule has 0 radical (unpaired) electrons. The normalized spacial score (nSPS) is 16.2. The number of aromatic nitrogens is 2. The lowest BCUT2D eigenvalue weighted by atomic mass is 9.95. The van der Waals surface area contributed by atoms with E-state index in [-0.39, 0.29) is 16.8 Å². The van der Waals surface area contributed by atoms with E-state index in [0.717, 1.165) is 31.2 Å². The second-order valence-electron chi connectivity index (χ2n) is 6.46. The highest BCUT2D eigenvalue weighted by molar-refractivity contribution is 7.91. The molecule has 1 saturated carbocycles. The van der Waals surface area contributed by atoms with Crippen LogP contribution in [0, 0.1) is 0 Å². The molecule has 1 aromatic carbocycles. The van der Waals surface area contributed by atoms with E-state index in [4.69, 9.17) is 5.73 Å². The monoisotopic (exact) mass is 348 g/mol. The van der Waals surface area contributed by atoms with Crippen molar-refractivity contribution in [3.05, 3.63) is 35.9 Å². The molecule has 1 aliphatic rings. The molecule has 0 amide bonds. The minimum Gasteiger partial charge on any atom is -0.383 e. The number of benzene rings is 1. The van der Waals surface area contributed by atoms with Gasteiger partial charge in [0, 0.05) is 12.3 Å². The first-order chi connectivity index (χ1) is 11.4. The summed E-state index contributed by atoms with van der Waals surface area (Å²) in [5.74, 6) is 0.581. The Bertz CT molecular complexity index is 793. The number of nitrogens with two attached hydrogens (primary N) is 1. The molecule has 130 valence electrons. The van der Waals surface area contributed by atoms with Crippen molar-refractivity contribution in [3.63, 3.8) is 0 Å². The van der Waals surface area contributed by atoms with Crippen LogP contribution in [0.4, 0.5) is 11.6 Å². The summed E-state index contributed by atoms with van der Waals surface area (Å²) in [6.45, 7) is 0.446. The Hall–Kier alpha value is -2.02. The van der Waals surface area contributed by atoms with E-state index in [1.165, 1.54) is 12.7 Å². The summed E-state index contributed by atoms with van der Waals surface area (Å²) in [6.07, 6.45) is 6.81. The largest absolute Gasteiger partial charge is 0.383 e. The highest BCUT2D eigenvalue weighted by Crippen LogP contribution is 2.30. The van der Waals surface area contributed by atoms with Crippen LogP contribution < -0.4 is 11.1 Å². The fourth-order valence-electron chi connectivity index (χ4n) is 3.24. The smallest absolute Gasteiger partial charge is 0.182 e. The maximum absolute atomic E-state index is 12.2. The summed E-state index contributed by atoms with van der Waals surface area (Å²) >= 11 is 0. The zero-order valence-corrected chi connectivity index (χ0v) is 14.7.